The summed E-state index contributed by atoms with van der Waals surface area (Å²) in [6.07, 6.45) is 7.06. The van der Waals surface area contributed by atoms with Gasteiger partial charge in [0, 0.05) is 12.7 Å². The van der Waals surface area contributed by atoms with E-state index in [9.17, 15) is 9.90 Å². The predicted molar refractivity (Wildman–Crippen MR) is 72.4 cm³/mol. The Balaban J connectivity index is 2.25. The average molecular weight is 264 g/mol. The van der Waals surface area contributed by atoms with Crippen LogP contribution in [-0.2, 0) is 0 Å². The summed E-state index contributed by atoms with van der Waals surface area (Å²) >= 11 is 0. The Labute approximate surface area is 112 Å². The number of rotatable bonds is 3. The van der Waals surface area contributed by atoms with Crippen LogP contribution < -0.4 is 11.3 Å². The highest BCUT2D eigenvalue weighted by Crippen LogP contribution is 2.21. The lowest BCUT2D eigenvalue weighted by Crippen LogP contribution is -2.42. The minimum Gasteiger partial charge on any atom is -0.394 e. The van der Waals surface area contributed by atoms with Gasteiger partial charge in [-0.25, -0.2) is 0 Å². The number of hydrogen-bond acceptors (Lipinski definition) is 5. The molecule has 1 fully saturated rings. The average Bonchev–Trinajstić information content (AvgIpc) is 2.71. The summed E-state index contributed by atoms with van der Waals surface area (Å²) in [5.41, 5.74) is 3.50. The molecule has 1 aromatic rings. The third-order valence-corrected chi connectivity index (χ3v) is 3.56. The second-order valence-corrected chi connectivity index (χ2v) is 4.75. The molecule has 1 aliphatic rings. The van der Waals surface area contributed by atoms with Crippen molar-refractivity contribution in [3.8, 4) is 0 Å². The molecule has 6 heteroatoms. The fourth-order valence-corrected chi connectivity index (χ4v) is 2.49. The van der Waals surface area contributed by atoms with Gasteiger partial charge in [0.15, 0.2) is 0 Å². The van der Waals surface area contributed by atoms with Crippen LogP contribution in [0, 0.1) is 0 Å². The number of carbonyl (C=O) groups is 1. The number of nitrogen functional groups attached to an aromatic ring is 1. The maximum atomic E-state index is 12.6. The van der Waals surface area contributed by atoms with Gasteiger partial charge >= 0.3 is 0 Å². The van der Waals surface area contributed by atoms with E-state index in [1.807, 2.05) is 0 Å². The van der Waals surface area contributed by atoms with E-state index in [0.29, 0.717) is 17.8 Å². The highest BCUT2D eigenvalue weighted by atomic mass is 16.3. The van der Waals surface area contributed by atoms with Gasteiger partial charge in [0.25, 0.3) is 5.91 Å². The zero-order valence-electron chi connectivity index (χ0n) is 10.9. The van der Waals surface area contributed by atoms with Crippen molar-refractivity contribution in [2.24, 2.45) is 5.84 Å². The lowest BCUT2D eigenvalue weighted by atomic mass is 10.1. The Kier molecular flexibility index (Phi) is 4.70. The fraction of sp³-hybridized carbons (Fsp3) is 0.538. The number of aliphatic hydroxyl groups is 1. The van der Waals surface area contributed by atoms with E-state index in [0.717, 1.165) is 25.7 Å². The highest BCUT2D eigenvalue weighted by molar-refractivity contribution is 5.99. The van der Waals surface area contributed by atoms with Gasteiger partial charge in [0.1, 0.15) is 0 Å². The minimum absolute atomic E-state index is 0.00219. The first-order chi connectivity index (χ1) is 9.27. The molecule has 1 aliphatic heterocycles. The number of hydrogen-bond donors (Lipinski definition) is 3. The zero-order valence-corrected chi connectivity index (χ0v) is 10.9. The first kappa shape index (κ1) is 13.8. The minimum atomic E-state index is -0.103. The number of nitrogens with one attached hydrogen (secondary N) is 1. The second kappa shape index (κ2) is 6.49. The summed E-state index contributed by atoms with van der Waals surface area (Å²) in [5.74, 6) is 5.31. The van der Waals surface area contributed by atoms with Crippen molar-refractivity contribution in [3.05, 3.63) is 24.0 Å². The van der Waals surface area contributed by atoms with Gasteiger partial charge < -0.3 is 15.4 Å². The Bertz CT molecular complexity index is 438. The van der Waals surface area contributed by atoms with Crippen LogP contribution in [0.25, 0.3) is 0 Å². The number of hydrazine groups is 1. The van der Waals surface area contributed by atoms with Crippen molar-refractivity contribution in [2.75, 3.05) is 18.6 Å². The molecule has 1 saturated heterocycles. The first-order valence-corrected chi connectivity index (χ1v) is 6.60. The zero-order chi connectivity index (χ0) is 13.7. The van der Waals surface area contributed by atoms with Crippen LogP contribution in [0.1, 0.15) is 36.0 Å². The molecule has 6 nitrogen and oxygen atoms in total. The highest BCUT2D eigenvalue weighted by Gasteiger charge is 2.27. The van der Waals surface area contributed by atoms with E-state index >= 15 is 0 Å². The maximum absolute atomic E-state index is 12.6. The van der Waals surface area contributed by atoms with Crippen molar-refractivity contribution in [1.82, 2.24) is 9.88 Å². The van der Waals surface area contributed by atoms with Crippen molar-refractivity contribution < 1.29 is 9.90 Å². The van der Waals surface area contributed by atoms with Crippen molar-refractivity contribution >= 4 is 11.6 Å². The van der Waals surface area contributed by atoms with Crippen LogP contribution in [0.2, 0.25) is 0 Å². The molecular weight excluding hydrogens is 244 g/mol. The number of carbonyl (C=O) groups excluding carboxylic acids is 1. The molecule has 0 aliphatic carbocycles. The molecule has 1 atom stereocenters. The summed E-state index contributed by atoms with van der Waals surface area (Å²) in [6, 6.07) is 1.55. The Hall–Kier alpha value is -1.66. The SMILES string of the molecule is NNc1cnccc1C(=O)N1CCCCCC1CO. The molecule has 1 unspecified atom stereocenters. The molecule has 104 valence electrons. The van der Waals surface area contributed by atoms with Crippen LogP contribution in [-0.4, -0.2) is 40.1 Å². The number of anilines is 1. The van der Waals surface area contributed by atoms with Crippen LogP contribution >= 0.6 is 0 Å². The topological polar surface area (TPSA) is 91.5 Å². The predicted octanol–water partition coefficient (Wildman–Crippen LogP) is 0.744. The number of pyridine rings is 1. The van der Waals surface area contributed by atoms with Crippen LogP contribution in [0.3, 0.4) is 0 Å². The van der Waals surface area contributed by atoms with Gasteiger partial charge in [-0.15, -0.1) is 0 Å². The lowest BCUT2D eigenvalue weighted by Gasteiger charge is -2.29. The largest absolute Gasteiger partial charge is 0.394 e. The molecule has 19 heavy (non-hydrogen) atoms. The number of nitrogens with two attached hydrogens (primary N) is 1. The first-order valence-electron chi connectivity index (χ1n) is 6.60. The van der Waals surface area contributed by atoms with Gasteiger partial charge in [-0.1, -0.05) is 12.8 Å². The van der Waals surface area contributed by atoms with E-state index in [1.54, 1.807) is 17.2 Å². The van der Waals surface area contributed by atoms with E-state index in [1.165, 1.54) is 6.20 Å². The van der Waals surface area contributed by atoms with E-state index in [4.69, 9.17) is 5.84 Å². The molecule has 2 heterocycles. The normalized spacial score (nSPS) is 19.9. The molecule has 0 bridgehead atoms. The smallest absolute Gasteiger partial charge is 0.256 e. The number of likely N-dealkylation sites (tertiary alicyclic amines) is 1. The molecule has 0 saturated carbocycles. The fourth-order valence-electron chi connectivity index (χ4n) is 2.49. The van der Waals surface area contributed by atoms with Gasteiger partial charge in [0.05, 0.1) is 30.1 Å². The molecule has 0 radical (unpaired) electrons. The van der Waals surface area contributed by atoms with Crippen LogP contribution in [0.5, 0.6) is 0 Å². The molecular formula is C13H20N4O2. The van der Waals surface area contributed by atoms with Crippen LogP contribution in [0.4, 0.5) is 5.69 Å². The second-order valence-electron chi connectivity index (χ2n) is 4.75. The molecule has 2 rings (SSSR count). The Morgan fingerprint density at radius 3 is 3.11 bits per heavy atom. The Morgan fingerprint density at radius 1 is 1.53 bits per heavy atom. The standard InChI is InChI=1S/C13H20N4O2/c14-16-12-8-15-6-5-11(12)13(19)17-7-3-1-2-4-10(17)9-18/h5-6,8,10,16,18H,1-4,7,9,14H2. The lowest BCUT2D eigenvalue weighted by molar-refractivity contribution is 0.0600. The quantitative estimate of drug-likeness (QED) is 0.553. The van der Waals surface area contributed by atoms with Gasteiger partial charge in [-0.3, -0.25) is 15.6 Å². The summed E-state index contributed by atoms with van der Waals surface area (Å²) in [4.78, 5) is 18.3. The summed E-state index contributed by atoms with van der Waals surface area (Å²) in [5, 5.41) is 9.46. The van der Waals surface area contributed by atoms with Gasteiger partial charge in [-0.05, 0) is 18.9 Å². The molecule has 0 spiro atoms. The van der Waals surface area contributed by atoms with Crippen molar-refractivity contribution in [3.63, 3.8) is 0 Å². The van der Waals surface area contributed by atoms with Gasteiger partial charge in [0.2, 0.25) is 0 Å². The summed E-state index contributed by atoms with van der Waals surface area (Å²) in [6.45, 7) is 0.679. The van der Waals surface area contributed by atoms with Gasteiger partial charge in [-0.2, -0.15) is 0 Å². The number of aliphatic hydroxyl groups excluding tert-OH is 1. The number of nitrogens with zero attached hydrogens (tertiary/aromatic N) is 2. The third-order valence-electron chi connectivity index (χ3n) is 3.56. The number of aromatic nitrogens is 1. The third kappa shape index (κ3) is 3.02. The monoisotopic (exact) mass is 264 g/mol. The van der Waals surface area contributed by atoms with Crippen molar-refractivity contribution in [1.29, 1.82) is 0 Å². The van der Waals surface area contributed by atoms with E-state index < -0.39 is 0 Å². The maximum Gasteiger partial charge on any atom is 0.256 e. The van der Waals surface area contributed by atoms with E-state index in [-0.39, 0.29) is 18.6 Å². The summed E-state index contributed by atoms with van der Waals surface area (Å²) < 4.78 is 0. The molecule has 4 N–H and O–H groups in total. The van der Waals surface area contributed by atoms with E-state index in [2.05, 4.69) is 10.4 Å². The molecule has 1 aromatic heterocycles. The summed E-state index contributed by atoms with van der Waals surface area (Å²) in [7, 11) is 0. The molecule has 1 amide bonds. The van der Waals surface area contributed by atoms with Crippen LogP contribution in [0.15, 0.2) is 18.5 Å². The number of amides is 1. The van der Waals surface area contributed by atoms with Crippen molar-refractivity contribution in [2.45, 2.75) is 31.7 Å². The Morgan fingerprint density at radius 2 is 2.37 bits per heavy atom. The molecule has 0 aromatic carbocycles.